The molecule has 1 heterocycles. The molecule has 15 heavy (non-hydrogen) atoms. The zero-order valence-electron chi connectivity index (χ0n) is 8.33. The average Bonchev–Trinajstić information content (AvgIpc) is 2.61. The van der Waals surface area contributed by atoms with Crippen LogP contribution in [-0.4, -0.2) is 17.8 Å². The lowest BCUT2D eigenvalue weighted by atomic mass is 10.2. The van der Waals surface area contributed by atoms with Crippen molar-refractivity contribution in [3.05, 3.63) is 34.9 Å². The van der Waals surface area contributed by atoms with Crippen LogP contribution in [0.1, 0.15) is 18.9 Å². The minimum absolute atomic E-state index is 0.0255. The zero-order valence-corrected chi connectivity index (χ0v) is 9.08. The number of hydrogen-bond acceptors (Lipinski definition) is 2. The van der Waals surface area contributed by atoms with Gasteiger partial charge in [-0.05, 0) is 30.7 Å². The SMILES string of the molecule is CCC1N=C(c2ccc(Cl)cc2)NC1=O. The molecule has 4 heteroatoms. The summed E-state index contributed by atoms with van der Waals surface area (Å²) in [6.07, 6.45) is 0.725. The van der Waals surface area contributed by atoms with Gasteiger partial charge in [-0.3, -0.25) is 9.79 Å². The van der Waals surface area contributed by atoms with Crippen molar-refractivity contribution in [2.24, 2.45) is 4.99 Å². The van der Waals surface area contributed by atoms with Crippen LogP contribution in [0.4, 0.5) is 0 Å². The third-order valence-corrected chi connectivity index (χ3v) is 2.59. The summed E-state index contributed by atoms with van der Waals surface area (Å²) in [6, 6.07) is 7.02. The number of nitrogens with one attached hydrogen (secondary N) is 1. The third kappa shape index (κ3) is 2.02. The molecule has 0 aromatic heterocycles. The Morgan fingerprint density at radius 3 is 2.60 bits per heavy atom. The van der Waals surface area contributed by atoms with Gasteiger partial charge in [0.1, 0.15) is 11.9 Å². The maximum Gasteiger partial charge on any atom is 0.250 e. The molecule has 0 spiro atoms. The number of aliphatic imine (C=N–C) groups is 1. The largest absolute Gasteiger partial charge is 0.309 e. The van der Waals surface area contributed by atoms with E-state index in [0.717, 1.165) is 12.0 Å². The summed E-state index contributed by atoms with van der Waals surface area (Å²) in [5, 5.41) is 3.44. The summed E-state index contributed by atoms with van der Waals surface area (Å²) in [4.78, 5) is 15.7. The molecule has 0 radical (unpaired) electrons. The zero-order chi connectivity index (χ0) is 10.8. The maximum absolute atomic E-state index is 11.4. The van der Waals surface area contributed by atoms with E-state index >= 15 is 0 Å². The summed E-state index contributed by atoms with van der Waals surface area (Å²) >= 11 is 5.78. The Hall–Kier alpha value is -1.35. The van der Waals surface area contributed by atoms with E-state index in [4.69, 9.17) is 11.6 Å². The second-order valence-electron chi connectivity index (χ2n) is 3.40. The van der Waals surface area contributed by atoms with E-state index < -0.39 is 0 Å². The molecule has 1 N–H and O–H groups in total. The fourth-order valence-corrected chi connectivity index (χ4v) is 1.60. The Bertz CT molecular complexity index is 411. The number of amidine groups is 1. The van der Waals surface area contributed by atoms with Gasteiger partial charge < -0.3 is 5.32 Å². The van der Waals surface area contributed by atoms with Crippen LogP contribution in [-0.2, 0) is 4.79 Å². The molecule has 0 aliphatic carbocycles. The van der Waals surface area contributed by atoms with Gasteiger partial charge in [-0.2, -0.15) is 0 Å². The smallest absolute Gasteiger partial charge is 0.250 e. The Balaban J connectivity index is 2.26. The molecular weight excluding hydrogens is 212 g/mol. The van der Waals surface area contributed by atoms with E-state index in [-0.39, 0.29) is 11.9 Å². The third-order valence-electron chi connectivity index (χ3n) is 2.33. The number of amides is 1. The van der Waals surface area contributed by atoms with E-state index in [0.29, 0.717) is 10.9 Å². The van der Waals surface area contributed by atoms with Crippen LogP contribution in [0.15, 0.2) is 29.3 Å². The van der Waals surface area contributed by atoms with Gasteiger partial charge in [-0.15, -0.1) is 0 Å². The Kier molecular flexibility index (Phi) is 2.73. The first-order valence-electron chi connectivity index (χ1n) is 4.85. The van der Waals surface area contributed by atoms with E-state index in [1.54, 1.807) is 12.1 Å². The van der Waals surface area contributed by atoms with Crippen LogP contribution < -0.4 is 5.32 Å². The average molecular weight is 223 g/mol. The summed E-state index contributed by atoms with van der Waals surface area (Å²) in [5.74, 6) is 0.617. The lowest BCUT2D eigenvalue weighted by molar-refractivity contribution is -0.120. The molecule has 0 bridgehead atoms. The number of carbonyl (C=O) groups is 1. The van der Waals surface area contributed by atoms with Crippen molar-refractivity contribution < 1.29 is 4.79 Å². The molecule has 1 atom stereocenters. The Morgan fingerprint density at radius 1 is 1.40 bits per heavy atom. The molecule has 3 nitrogen and oxygen atoms in total. The van der Waals surface area contributed by atoms with Gasteiger partial charge in [-0.1, -0.05) is 18.5 Å². The molecule has 0 fully saturated rings. The summed E-state index contributed by atoms with van der Waals surface area (Å²) in [6.45, 7) is 1.94. The molecule has 1 amide bonds. The molecule has 0 saturated heterocycles. The van der Waals surface area contributed by atoms with E-state index in [1.807, 2.05) is 19.1 Å². The number of benzene rings is 1. The monoisotopic (exact) mass is 222 g/mol. The minimum Gasteiger partial charge on any atom is -0.309 e. The first-order valence-corrected chi connectivity index (χ1v) is 5.23. The van der Waals surface area contributed by atoms with E-state index in [9.17, 15) is 4.79 Å². The topological polar surface area (TPSA) is 41.5 Å². The second kappa shape index (κ2) is 4.03. The van der Waals surface area contributed by atoms with Crippen molar-refractivity contribution in [3.8, 4) is 0 Å². The predicted octanol–water partition coefficient (Wildman–Crippen LogP) is 1.99. The van der Waals surface area contributed by atoms with Gasteiger partial charge in [0.05, 0.1) is 0 Å². The lowest BCUT2D eigenvalue weighted by Gasteiger charge is -2.00. The number of carbonyl (C=O) groups excluding carboxylic acids is 1. The van der Waals surface area contributed by atoms with E-state index in [2.05, 4.69) is 10.3 Å². The van der Waals surface area contributed by atoms with Crippen LogP contribution in [0.25, 0.3) is 0 Å². The van der Waals surface area contributed by atoms with Crippen LogP contribution in [0.5, 0.6) is 0 Å². The fourth-order valence-electron chi connectivity index (χ4n) is 1.48. The molecule has 2 rings (SSSR count). The summed E-state index contributed by atoms with van der Waals surface area (Å²) in [7, 11) is 0. The molecule has 0 saturated carbocycles. The van der Waals surface area contributed by atoms with Crippen molar-refractivity contribution >= 4 is 23.3 Å². The van der Waals surface area contributed by atoms with Crippen LogP contribution in [0.3, 0.4) is 0 Å². The van der Waals surface area contributed by atoms with Gasteiger partial charge in [0.25, 0.3) is 0 Å². The molecule has 78 valence electrons. The van der Waals surface area contributed by atoms with Crippen LogP contribution in [0.2, 0.25) is 5.02 Å². The lowest BCUT2D eigenvalue weighted by Crippen LogP contribution is -2.28. The quantitative estimate of drug-likeness (QED) is 0.817. The molecule has 1 aliphatic rings. The van der Waals surface area contributed by atoms with E-state index in [1.165, 1.54) is 0 Å². The van der Waals surface area contributed by atoms with Crippen LogP contribution >= 0.6 is 11.6 Å². The summed E-state index contributed by atoms with van der Waals surface area (Å²) < 4.78 is 0. The van der Waals surface area contributed by atoms with Crippen LogP contribution in [0, 0.1) is 0 Å². The number of nitrogens with zero attached hydrogens (tertiary/aromatic N) is 1. The van der Waals surface area contributed by atoms with Gasteiger partial charge in [0.15, 0.2) is 0 Å². The summed E-state index contributed by atoms with van der Waals surface area (Å²) in [5.41, 5.74) is 0.892. The van der Waals surface area contributed by atoms with Gasteiger partial charge >= 0.3 is 0 Å². The van der Waals surface area contributed by atoms with Gasteiger partial charge in [0, 0.05) is 10.6 Å². The highest BCUT2D eigenvalue weighted by Gasteiger charge is 2.24. The molecular formula is C11H11ClN2O. The standard InChI is InChI=1S/C11H11ClN2O/c1-2-9-11(15)14-10(13-9)7-3-5-8(12)6-4-7/h3-6,9H,2H2,1H3,(H,13,14,15). The highest BCUT2D eigenvalue weighted by atomic mass is 35.5. The highest BCUT2D eigenvalue weighted by Crippen LogP contribution is 2.13. The minimum atomic E-state index is -0.240. The molecule has 1 aromatic rings. The first-order chi connectivity index (χ1) is 7.20. The Labute approximate surface area is 93.2 Å². The Morgan fingerprint density at radius 2 is 2.07 bits per heavy atom. The van der Waals surface area contributed by atoms with Gasteiger partial charge in [0.2, 0.25) is 5.91 Å². The number of rotatable bonds is 2. The van der Waals surface area contributed by atoms with Crippen molar-refractivity contribution in [2.45, 2.75) is 19.4 Å². The van der Waals surface area contributed by atoms with Crippen molar-refractivity contribution in [1.29, 1.82) is 0 Å². The molecule has 1 unspecified atom stereocenters. The number of halogens is 1. The number of hydrogen-bond donors (Lipinski definition) is 1. The molecule has 1 aromatic carbocycles. The van der Waals surface area contributed by atoms with Crippen molar-refractivity contribution in [2.75, 3.05) is 0 Å². The van der Waals surface area contributed by atoms with Crippen molar-refractivity contribution in [1.82, 2.24) is 5.32 Å². The van der Waals surface area contributed by atoms with Gasteiger partial charge in [-0.25, -0.2) is 0 Å². The highest BCUT2D eigenvalue weighted by molar-refractivity contribution is 6.30. The predicted molar refractivity (Wildman–Crippen MR) is 60.2 cm³/mol. The molecule has 1 aliphatic heterocycles. The second-order valence-corrected chi connectivity index (χ2v) is 3.83. The first kappa shape index (κ1) is 10.2. The maximum atomic E-state index is 11.4. The fraction of sp³-hybridized carbons (Fsp3) is 0.273. The normalized spacial score (nSPS) is 20.0. The van der Waals surface area contributed by atoms with Crippen molar-refractivity contribution in [3.63, 3.8) is 0 Å².